The van der Waals surface area contributed by atoms with Crippen molar-refractivity contribution in [2.24, 2.45) is 0 Å². The molecule has 0 radical (unpaired) electrons. The number of sulfone groups is 1. The van der Waals surface area contributed by atoms with Gasteiger partial charge in [-0.2, -0.15) is 0 Å². The van der Waals surface area contributed by atoms with Gasteiger partial charge in [-0.1, -0.05) is 12.1 Å². The van der Waals surface area contributed by atoms with Crippen LogP contribution in [-0.2, 0) is 9.84 Å². The molecule has 20 heavy (non-hydrogen) atoms. The molecule has 1 heterocycles. The van der Waals surface area contributed by atoms with Crippen LogP contribution in [0.25, 0.3) is 10.9 Å². The number of hydrogen-bond donors (Lipinski definition) is 0. The fourth-order valence-electron chi connectivity index (χ4n) is 1.91. The summed E-state index contributed by atoms with van der Waals surface area (Å²) in [6, 6.07) is 5.62. The summed E-state index contributed by atoms with van der Waals surface area (Å²) >= 11 is 5.51. The van der Waals surface area contributed by atoms with Crippen LogP contribution in [-0.4, -0.2) is 30.0 Å². The molecule has 1 aromatic heterocycles. The number of non-ortho nitro benzene ring substituents is 1. The predicted octanol–water partition coefficient (Wildman–Crippen LogP) is 2.55. The number of halogens is 1. The normalized spacial score (nSPS) is 11.7. The highest BCUT2D eigenvalue weighted by Crippen LogP contribution is 2.28. The first-order chi connectivity index (χ1) is 9.47. The van der Waals surface area contributed by atoms with Gasteiger partial charge in [0, 0.05) is 23.5 Å². The van der Waals surface area contributed by atoms with E-state index >= 15 is 0 Å². The maximum atomic E-state index is 12.2. The highest BCUT2D eigenvalue weighted by atomic mass is 35.5. The van der Waals surface area contributed by atoms with Crippen LogP contribution in [0.3, 0.4) is 0 Å². The number of hydrogen-bond acceptors (Lipinski definition) is 5. The summed E-state index contributed by atoms with van der Waals surface area (Å²) < 4.78 is 24.5. The number of nitro benzene ring substituents is 1. The second-order valence-corrected chi connectivity index (χ2v) is 6.56. The van der Waals surface area contributed by atoms with Gasteiger partial charge in [-0.3, -0.25) is 10.1 Å². The Morgan fingerprint density at radius 3 is 2.70 bits per heavy atom. The van der Waals surface area contributed by atoms with Gasteiger partial charge in [0.05, 0.1) is 15.6 Å². The highest BCUT2D eigenvalue weighted by Gasteiger charge is 2.21. The summed E-state index contributed by atoms with van der Waals surface area (Å²) in [5.74, 6) is 0.140. The number of alkyl halides is 1. The minimum atomic E-state index is -3.54. The molecule has 0 aliphatic rings. The quantitative estimate of drug-likeness (QED) is 0.480. The Kier molecular flexibility index (Phi) is 4.20. The van der Waals surface area contributed by atoms with E-state index in [9.17, 15) is 18.5 Å². The molecule has 2 rings (SSSR count). The van der Waals surface area contributed by atoms with Crippen molar-refractivity contribution in [2.45, 2.75) is 11.3 Å². The van der Waals surface area contributed by atoms with Crippen LogP contribution in [0.2, 0.25) is 0 Å². The Morgan fingerprint density at radius 2 is 2.05 bits per heavy atom. The Bertz CT molecular complexity index is 761. The molecular formula is C12H11ClN2O4S. The second-order valence-electron chi connectivity index (χ2n) is 4.10. The number of benzene rings is 1. The van der Waals surface area contributed by atoms with Gasteiger partial charge in [0.1, 0.15) is 5.52 Å². The van der Waals surface area contributed by atoms with Crippen LogP contribution in [0, 0.1) is 10.1 Å². The molecule has 0 bridgehead atoms. The first kappa shape index (κ1) is 14.7. The third-order valence-corrected chi connectivity index (χ3v) is 4.91. The largest absolute Gasteiger partial charge is 0.295 e. The van der Waals surface area contributed by atoms with Crippen molar-refractivity contribution in [2.75, 3.05) is 11.6 Å². The number of pyridine rings is 1. The van der Waals surface area contributed by atoms with Gasteiger partial charge in [-0.05, 0) is 12.5 Å². The molecule has 1 aromatic carbocycles. The SMILES string of the molecule is O=[N+]([O-])c1cccc2c(S(=O)(=O)CCCCl)ccnc12. The fourth-order valence-corrected chi connectivity index (χ4v) is 3.71. The van der Waals surface area contributed by atoms with E-state index in [4.69, 9.17) is 11.6 Å². The van der Waals surface area contributed by atoms with Crippen LogP contribution in [0.5, 0.6) is 0 Å². The lowest BCUT2D eigenvalue weighted by molar-refractivity contribution is -0.383. The minimum absolute atomic E-state index is 0.0521. The zero-order valence-corrected chi connectivity index (χ0v) is 11.9. The van der Waals surface area contributed by atoms with Gasteiger partial charge in [0.2, 0.25) is 0 Å². The monoisotopic (exact) mass is 314 g/mol. The van der Waals surface area contributed by atoms with E-state index in [0.29, 0.717) is 6.42 Å². The van der Waals surface area contributed by atoms with Crippen LogP contribution in [0.1, 0.15) is 6.42 Å². The van der Waals surface area contributed by atoms with Gasteiger partial charge < -0.3 is 0 Å². The molecule has 0 spiro atoms. The van der Waals surface area contributed by atoms with Crippen LogP contribution < -0.4 is 0 Å². The molecule has 8 heteroatoms. The molecular weight excluding hydrogens is 304 g/mol. The maximum absolute atomic E-state index is 12.2. The summed E-state index contributed by atoms with van der Waals surface area (Å²) in [6.45, 7) is 0. The molecule has 106 valence electrons. The topological polar surface area (TPSA) is 90.2 Å². The Morgan fingerprint density at radius 1 is 1.30 bits per heavy atom. The zero-order chi connectivity index (χ0) is 14.8. The summed E-state index contributed by atoms with van der Waals surface area (Å²) in [7, 11) is -3.54. The van der Waals surface area contributed by atoms with Gasteiger partial charge in [-0.15, -0.1) is 11.6 Å². The van der Waals surface area contributed by atoms with E-state index in [2.05, 4.69) is 4.98 Å². The fraction of sp³-hybridized carbons (Fsp3) is 0.250. The molecule has 0 N–H and O–H groups in total. The maximum Gasteiger partial charge on any atom is 0.295 e. The van der Waals surface area contributed by atoms with E-state index in [1.165, 1.54) is 30.5 Å². The first-order valence-corrected chi connectivity index (χ1v) is 7.97. The van der Waals surface area contributed by atoms with Crippen LogP contribution in [0.15, 0.2) is 35.4 Å². The van der Waals surface area contributed by atoms with E-state index in [1.54, 1.807) is 0 Å². The predicted molar refractivity (Wildman–Crippen MR) is 75.8 cm³/mol. The lowest BCUT2D eigenvalue weighted by Crippen LogP contribution is -2.08. The Labute approximate surface area is 120 Å². The first-order valence-electron chi connectivity index (χ1n) is 5.78. The van der Waals surface area contributed by atoms with E-state index in [1.807, 2.05) is 0 Å². The zero-order valence-electron chi connectivity index (χ0n) is 10.3. The molecule has 0 fully saturated rings. The van der Waals surface area contributed by atoms with Crippen molar-refractivity contribution in [3.8, 4) is 0 Å². The molecule has 0 aliphatic heterocycles. The summed E-state index contributed by atoms with van der Waals surface area (Å²) in [5, 5.41) is 11.2. The number of aromatic nitrogens is 1. The highest BCUT2D eigenvalue weighted by molar-refractivity contribution is 7.91. The summed E-state index contributed by atoms with van der Waals surface area (Å²) in [5.41, 5.74) is -0.138. The van der Waals surface area contributed by atoms with E-state index in [-0.39, 0.29) is 33.1 Å². The molecule has 0 aliphatic carbocycles. The number of para-hydroxylation sites is 1. The van der Waals surface area contributed by atoms with Crippen LogP contribution >= 0.6 is 11.6 Å². The average Bonchev–Trinajstić information content (AvgIpc) is 2.43. The summed E-state index contributed by atoms with van der Waals surface area (Å²) in [6.07, 6.45) is 1.59. The lowest BCUT2D eigenvalue weighted by atomic mass is 10.2. The van der Waals surface area contributed by atoms with Gasteiger partial charge in [-0.25, -0.2) is 13.4 Å². The van der Waals surface area contributed by atoms with Crippen molar-refractivity contribution in [3.63, 3.8) is 0 Å². The molecule has 0 atom stereocenters. The Hall–Kier alpha value is -1.73. The Balaban J connectivity index is 2.68. The van der Waals surface area contributed by atoms with Gasteiger partial charge in [0.25, 0.3) is 5.69 Å². The van der Waals surface area contributed by atoms with Crippen LogP contribution in [0.4, 0.5) is 5.69 Å². The molecule has 0 amide bonds. The third kappa shape index (κ3) is 2.73. The van der Waals surface area contributed by atoms with Gasteiger partial charge in [0.15, 0.2) is 9.84 Å². The van der Waals surface area contributed by atoms with Gasteiger partial charge >= 0.3 is 0 Å². The molecule has 0 saturated heterocycles. The average molecular weight is 315 g/mol. The molecule has 2 aromatic rings. The van der Waals surface area contributed by atoms with Crippen molar-refractivity contribution in [1.82, 2.24) is 4.98 Å². The van der Waals surface area contributed by atoms with Crippen molar-refractivity contribution >= 4 is 38.0 Å². The smallest absolute Gasteiger partial charge is 0.258 e. The number of nitro groups is 1. The van der Waals surface area contributed by atoms with E-state index < -0.39 is 14.8 Å². The number of nitrogens with zero attached hydrogens (tertiary/aromatic N) is 2. The lowest BCUT2D eigenvalue weighted by Gasteiger charge is -2.07. The second kappa shape index (κ2) is 5.72. The minimum Gasteiger partial charge on any atom is -0.258 e. The standard InChI is InChI=1S/C12H11ClN2O4S/c13-6-2-8-20(18,19)11-5-7-14-12-9(11)3-1-4-10(12)15(16)17/h1,3-5,7H,2,6,8H2. The number of rotatable bonds is 5. The summed E-state index contributed by atoms with van der Waals surface area (Å²) in [4.78, 5) is 14.3. The van der Waals surface area contributed by atoms with E-state index in [0.717, 1.165) is 0 Å². The third-order valence-electron chi connectivity index (χ3n) is 2.79. The molecule has 0 unspecified atom stereocenters. The van der Waals surface area contributed by atoms with Crippen molar-refractivity contribution in [1.29, 1.82) is 0 Å². The van der Waals surface area contributed by atoms with Crippen molar-refractivity contribution in [3.05, 3.63) is 40.6 Å². The van der Waals surface area contributed by atoms with Crippen molar-refractivity contribution < 1.29 is 13.3 Å². The number of fused-ring (bicyclic) bond motifs is 1. The molecule has 0 saturated carbocycles. The molecule has 6 nitrogen and oxygen atoms in total.